The Bertz CT molecular complexity index is 348. The van der Waals surface area contributed by atoms with Crippen molar-refractivity contribution >= 4 is 0 Å². The first-order valence-corrected chi connectivity index (χ1v) is 6.11. The van der Waals surface area contributed by atoms with Crippen LogP contribution in [-0.2, 0) is 5.41 Å². The van der Waals surface area contributed by atoms with Crippen LogP contribution in [0.2, 0.25) is 0 Å². The Labute approximate surface area is 97.7 Å². The lowest BCUT2D eigenvalue weighted by atomic mass is 9.91. The predicted octanol–water partition coefficient (Wildman–Crippen LogP) is 2.24. The Morgan fingerprint density at radius 1 is 1.25 bits per heavy atom. The molecule has 0 spiro atoms. The maximum absolute atomic E-state index is 4.73. The maximum atomic E-state index is 4.73. The standard InChI is InChI=1S/C13H21N3/c1-13(2,3)11-6-9-15-12(16-11)10-4-7-14-8-5-10/h6,9-10,14H,4-5,7-8H2,1-3H3. The summed E-state index contributed by atoms with van der Waals surface area (Å²) in [5.41, 5.74) is 1.26. The largest absolute Gasteiger partial charge is 0.317 e. The zero-order valence-corrected chi connectivity index (χ0v) is 10.5. The highest BCUT2D eigenvalue weighted by Crippen LogP contribution is 2.25. The van der Waals surface area contributed by atoms with Crippen molar-refractivity contribution in [2.75, 3.05) is 13.1 Å². The number of nitrogens with one attached hydrogen (secondary N) is 1. The first-order valence-electron chi connectivity index (χ1n) is 6.11. The molecule has 88 valence electrons. The van der Waals surface area contributed by atoms with E-state index in [4.69, 9.17) is 4.98 Å². The molecule has 1 aromatic rings. The van der Waals surface area contributed by atoms with Gasteiger partial charge in [0.1, 0.15) is 5.82 Å². The Kier molecular flexibility index (Phi) is 3.24. The van der Waals surface area contributed by atoms with Crippen molar-refractivity contribution in [1.29, 1.82) is 0 Å². The van der Waals surface area contributed by atoms with Crippen LogP contribution in [0, 0.1) is 0 Å². The van der Waals surface area contributed by atoms with Crippen LogP contribution < -0.4 is 5.32 Å². The topological polar surface area (TPSA) is 37.8 Å². The monoisotopic (exact) mass is 219 g/mol. The molecule has 16 heavy (non-hydrogen) atoms. The van der Waals surface area contributed by atoms with Gasteiger partial charge >= 0.3 is 0 Å². The molecule has 0 unspecified atom stereocenters. The van der Waals surface area contributed by atoms with Crippen LogP contribution >= 0.6 is 0 Å². The number of piperidine rings is 1. The summed E-state index contributed by atoms with van der Waals surface area (Å²) in [5, 5.41) is 3.37. The molecule has 2 heterocycles. The molecule has 0 radical (unpaired) electrons. The number of hydrogen-bond acceptors (Lipinski definition) is 3. The average molecular weight is 219 g/mol. The Morgan fingerprint density at radius 3 is 2.56 bits per heavy atom. The third kappa shape index (κ3) is 2.59. The summed E-state index contributed by atoms with van der Waals surface area (Å²) in [7, 11) is 0. The lowest BCUT2D eigenvalue weighted by Crippen LogP contribution is -2.28. The number of nitrogens with zero attached hydrogens (tertiary/aromatic N) is 2. The van der Waals surface area contributed by atoms with Crippen LogP contribution in [0.1, 0.15) is 51.0 Å². The molecule has 1 saturated heterocycles. The zero-order valence-electron chi connectivity index (χ0n) is 10.5. The third-order valence-electron chi connectivity index (χ3n) is 3.15. The summed E-state index contributed by atoms with van der Waals surface area (Å²) in [6.07, 6.45) is 4.23. The van der Waals surface area contributed by atoms with Gasteiger partial charge in [0.25, 0.3) is 0 Å². The summed E-state index contributed by atoms with van der Waals surface area (Å²) in [6.45, 7) is 8.77. The molecule has 1 aliphatic heterocycles. The Hall–Kier alpha value is -0.960. The van der Waals surface area contributed by atoms with Crippen molar-refractivity contribution in [2.45, 2.75) is 44.9 Å². The van der Waals surface area contributed by atoms with Gasteiger partial charge in [-0.3, -0.25) is 0 Å². The first kappa shape index (κ1) is 11.5. The quantitative estimate of drug-likeness (QED) is 0.787. The van der Waals surface area contributed by atoms with Gasteiger partial charge in [0, 0.05) is 23.2 Å². The second kappa shape index (κ2) is 4.50. The molecule has 0 amide bonds. The van der Waals surface area contributed by atoms with Gasteiger partial charge < -0.3 is 5.32 Å². The van der Waals surface area contributed by atoms with Crippen LogP contribution in [0.5, 0.6) is 0 Å². The van der Waals surface area contributed by atoms with Gasteiger partial charge in [-0.05, 0) is 32.0 Å². The van der Waals surface area contributed by atoms with E-state index in [9.17, 15) is 0 Å². The van der Waals surface area contributed by atoms with E-state index < -0.39 is 0 Å². The highest BCUT2D eigenvalue weighted by Gasteiger charge is 2.21. The molecular formula is C13H21N3. The lowest BCUT2D eigenvalue weighted by molar-refractivity contribution is 0.440. The molecule has 0 bridgehead atoms. The van der Waals surface area contributed by atoms with E-state index in [0.29, 0.717) is 5.92 Å². The fraction of sp³-hybridized carbons (Fsp3) is 0.692. The number of hydrogen-bond donors (Lipinski definition) is 1. The van der Waals surface area contributed by atoms with Gasteiger partial charge in [-0.2, -0.15) is 0 Å². The van der Waals surface area contributed by atoms with Crippen molar-refractivity contribution in [2.24, 2.45) is 0 Å². The fourth-order valence-corrected chi connectivity index (χ4v) is 2.07. The molecule has 1 fully saturated rings. The van der Waals surface area contributed by atoms with Crippen molar-refractivity contribution in [3.63, 3.8) is 0 Å². The van der Waals surface area contributed by atoms with Crippen LogP contribution in [-0.4, -0.2) is 23.1 Å². The summed E-state index contributed by atoms with van der Waals surface area (Å²) in [4.78, 5) is 9.17. The smallest absolute Gasteiger partial charge is 0.131 e. The minimum atomic E-state index is 0.116. The van der Waals surface area contributed by atoms with E-state index in [1.165, 1.54) is 0 Å². The molecule has 3 heteroatoms. The van der Waals surface area contributed by atoms with Crippen molar-refractivity contribution in [3.05, 3.63) is 23.8 Å². The van der Waals surface area contributed by atoms with Crippen molar-refractivity contribution in [1.82, 2.24) is 15.3 Å². The first-order chi connectivity index (χ1) is 7.57. The molecule has 0 aromatic carbocycles. The van der Waals surface area contributed by atoms with Gasteiger partial charge in [-0.1, -0.05) is 20.8 Å². The second-order valence-electron chi connectivity index (χ2n) is 5.57. The van der Waals surface area contributed by atoms with E-state index in [-0.39, 0.29) is 5.41 Å². The molecule has 1 N–H and O–H groups in total. The van der Waals surface area contributed by atoms with Crippen molar-refractivity contribution in [3.8, 4) is 0 Å². The zero-order chi connectivity index (χ0) is 11.6. The highest BCUT2D eigenvalue weighted by atomic mass is 14.9. The second-order valence-corrected chi connectivity index (χ2v) is 5.57. The molecule has 3 nitrogen and oxygen atoms in total. The van der Waals surface area contributed by atoms with E-state index in [2.05, 4.69) is 31.1 Å². The van der Waals surface area contributed by atoms with Gasteiger partial charge in [-0.15, -0.1) is 0 Å². The highest BCUT2D eigenvalue weighted by molar-refractivity contribution is 5.14. The average Bonchev–Trinajstić information content (AvgIpc) is 2.29. The fourth-order valence-electron chi connectivity index (χ4n) is 2.07. The predicted molar refractivity (Wildman–Crippen MR) is 65.6 cm³/mol. The normalized spacial score (nSPS) is 18.7. The molecular weight excluding hydrogens is 198 g/mol. The number of rotatable bonds is 1. The van der Waals surface area contributed by atoms with Crippen LogP contribution in [0.3, 0.4) is 0 Å². The summed E-state index contributed by atoms with van der Waals surface area (Å²) < 4.78 is 0. The van der Waals surface area contributed by atoms with E-state index in [0.717, 1.165) is 37.4 Å². The van der Waals surface area contributed by atoms with Gasteiger partial charge in [0.15, 0.2) is 0 Å². The summed E-state index contributed by atoms with van der Waals surface area (Å²) >= 11 is 0. The Morgan fingerprint density at radius 2 is 1.94 bits per heavy atom. The minimum Gasteiger partial charge on any atom is -0.317 e. The summed E-state index contributed by atoms with van der Waals surface area (Å²) in [6, 6.07) is 2.03. The molecule has 0 saturated carbocycles. The summed E-state index contributed by atoms with van der Waals surface area (Å²) in [5.74, 6) is 1.58. The Balaban J connectivity index is 2.21. The van der Waals surface area contributed by atoms with Gasteiger partial charge in [-0.25, -0.2) is 9.97 Å². The van der Waals surface area contributed by atoms with E-state index >= 15 is 0 Å². The van der Waals surface area contributed by atoms with E-state index in [1.54, 1.807) is 0 Å². The SMILES string of the molecule is CC(C)(C)c1ccnc(C2CCNCC2)n1. The van der Waals surface area contributed by atoms with Crippen LogP contribution in [0.15, 0.2) is 12.3 Å². The number of aromatic nitrogens is 2. The van der Waals surface area contributed by atoms with Gasteiger partial charge in [0.2, 0.25) is 0 Å². The molecule has 1 aliphatic rings. The maximum Gasteiger partial charge on any atom is 0.131 e. The van der Waals surface area contributed by atoms with Crippen LogP contribution in [0.4, 0.5) is 0 Å². The van der Waals surface area contributed by atoms with Gasteiger partial charge in [0.05, 0.1) is 0 Å². The molecule has 2 rings (SSSR count). The van der Waals surface area contributed by atoms with Crippen molar-refractivity contribution < 1.29 is 0 Å². The van der Waals surface area contributed by atoms with Crippen LogP contribution in [0.25, 0.3) is 0 Å². The molecule has 1 aromatic heterocycles. The molecule has 0 aliphatic carbocycles. The van der Waals surface area contributed by atoms with E-state index in [1.807, 2.05) is 12.3 Å². The lowest BCUT2D eigenvalue weighted by Gasteiger charge is -2.23. The molecule has 0 atom stereocenters. The third-order valence-corrected chi connectivity index (χ3v) is 3.15. The minimum absolute atomic E-state index is 0.116.